The van der Waals surface area contributed by atoms with Gasteiger partial charge in [0.05, 0.1) is 23.3 Å². The number of hydrogen-bond acceptors (Lipinski definition) is 8. The third kappa shape index (κ3) is 4.07. The van der Waals surface area contributed by atoms with Crippen molar-refractivity contribution in [1.29, 1.82) is 0 Å². The van der Waals surface area contributed by atoms with E-state index >= 15 is 0 Å². The average molecular weight is 534 g/mol. The Hall–Kier alpha value is -4.76. The zero-order chi connectivity index (χ0) is 26.3. The van der Waals surface area contributed by atoms with Gasteiger partial charge in [0.25, 0.3) is 0 Å². The Bertz CT molecular complexity index is 1850. The lowest BCUT2D eigenvalue weighted by atomic mass is 9.83. The predicted octanol–water partition coefficient (Wildman–Crippen LogP) is 6.57. The van der Waals surface area contributed by atoms with Crippen molar-refractivity contribution >= 4 is 33.5 Å². The van der Waals surface area contributed by atoms with Gasteiger partial charge < -0.3 is 14.3 Å². The van der Waals surface area contributed by atoms with Gasteiger partial charge >= 0.3 is 0 Å². The second-order valence-corrected chi connectivity index (χ2v) is 10.1. The maximum atomic E-state index is 6.49. The van der Waals surface area contributed by atoms with E-state index in [0.29, 0.717) is 17.4 Å². The van der Waals surface area contributed by atoms with E-state index in [9.17, 15) is 0 Å². The van der Waals surface area contributed by atoms with Crippen LogP contribution in [0.3, 0.4) is 0 Å². The number of methoxy groups -OCH3 is 1. The van der Waals surface area contributed by atoms with Gasteiger partial charge in [-0.05, 0) is 41.5 Å². The van der Waals surface area contributed by atoms with Crippen LogP contribution in [0.4, 0.5) is 0 Å². The molecule has 4 heterocycles. The fourth-order valence-corrected chi connectivity index (χ4v) is 5.68. The number of benzene rings is 3. The molecule has 1 aliphatic rings. The molecule has 0 fully saturated rings. The van der Waals surface area contributed by atoms with E-state index in [1.807, 2.05) is 48.7 Å². The summed E-state index contributed by atoms with van der Waals surface area (Å²) in [5, 5.41) is 13.0. The Morgan fingerprint density at radius 2 is 1.92 bits per heavy atom. The van der Waals surface area contributed by atoms with Crippen LogP contribution in [0.1, 0.15) is 40.2 Å². The minimum absolute atomic E-state index is 0.133. The van der Waals surface area contributed by atoms with Crippen molar-refractivity contribution in [2.75, 3.05) is 7.11 Å². The Morgan fingerprint density at radius 1 is 1.05 bits per heavy atom. The SMILES string of the molecule is COc1ccc(C2c3ccc4ccccc4c3Oc3ncn4nc(CON=C(C)c5cccs5)nc4c32)cc1. The highest BCUT2D eigenvalue weighted by Gasteiger charge is 2.34. The monoisotopic (exact) mass is 533 g/mol. The Kier molecular flexibility index (Phi) is 5.70. The molecule has 6 aromatic rings. The molecule has 0 saturated carbocycles. The van der Waals surface area contributed by atoms with Gasteiger partial charge in [-0.2, -0.15) is 0 Å². The van der Waals surface area contributed by atoms with Crippen molar-refractivity contribution in [2.45, 2.75) is 19.4 Å². The largest absolute Gasteiger partial charge is 0.497 e. The summed E-state index contributed by atoms with van der Waals surface area (Å²) in [6, 6.07) is 24.5. The number of nitrogens with zero attached hydrogens (tertiary/aromatic N) is 5. The van der Waals surface area contributed by atoms with E-state index in [2.05, 4.69) is 51.6 Å². The highest BCUT2D eigenvalue weighted by molar-refractivity contribution is 7.12. The molecule has 0 radical (unpaired) electrons. The lowest BCUT2D eigenvalue weighted by Crippen LogP contribution is -2.15. The number of rotatable bonds is 6. The minimum atomic E-state index is -0.174. The quantitative estimate of drug-likeness (QED) is 0.178. The highest BCUT2D eigenvalue weighted by Crippen LogP contribution is 2.50. The fraction of sp³-hybridized carbons (Fsp3) is 0.133. The van der Waals surface area contributed by atoms with E-state index in [1.165, 1.54) is 0 Å². The molecule has 39 heavy (non-hydrogen) atoms. The number of aromatic nitrogens is 4. The number of thiophene rings is 1. The number of ether oxygens (including phenoxy) is 2. The van der Waals surface area contributed by atoms with Crippen LogP contribution in [-0.2, 0) is 11.4 Å². The summed E-state index contributed by atoms with van der Waals surface area (Å²) in [6.45, 7) is 2.05. The summed E-state index contributed by atoms with van der Waals surface area (Å²) in [5.74, 6) is 2.44. The van der Waals surface area contributed by atoms with Crippen molar-refractivity contribution in [3.63, 3.8) is 0 Å². The predicted molar refractivity (Wildman–Crippen MR) is 150 cm³/mol. The third-order valence-electron chi connectivity index (χ3n) is 6.86. The molecular formula is C30H23N5O3S. The topological polar surface area (TPSA) is 83.1 Å². The van der Waals surface area contributed by atoms with Gasteiger partial charge in [-0.25, -0.2) is 14.5 Å². The standard InChI is InChI=1S/C30H23N5O3S/c1-18(24-8-5-15-39-24)34-37-16-25-32-29-27-26(20-9-12-21(36-2)13-10-20)23-14-11-19-6-3-4-7-22(19)28(23)38-30(27)31-17-35(29)33-25/h3-15,17,26H,16H2,1-2H3. The van der Waals surface area contributed by atoms with Gasteiger partial charge in [0.15, 0.2) is 18.1 Å². The van der Waals surface area contributed by atoms with Crippen LogP contribution in [0.5, 0.6) is 17.4 Å². The van der Waals surface area contributed by atoms with Crippen LogP contribution >= 0.6 is 11.3 Å². The van der Waals surface area contributed by atoms with Crippen molar-refractivity contribution < 1.29 is 14.3 Å². The van der Waals surface area contributed by atoms with Gasteiger partial charge in [0.1, 0.15) is 17.8 Å². The van der Waals surface area contributed by atoms with E-state index in [0.717, 1.165) is 49.6 Å². The molecule has 0 amide bonds. The number of hydrogen-bond donors (Lipinski definition) is 0. The molecule has 0 N–H and O–H groups in total. The summed E-state index contributed by atoms with van der Waals surface area (Å²) in [6.07, 6.45) is 1.63. The van der Waals surface area contributed by atoms with E-state index in [-0.39, 0.29) is 12.5 Å². The Labute approximate surface area is 228 Å². The van der Waals surface area contributed by atoms with E-state index < -0.39 is 0 Å². The molecule has 0 saturated heterocycles. The van der Waals surface area contributed by atoms with Crippen molar-refractivity contribution in [3.8, 4) is 17.4 Å². The van der Waals surface area contributed by atoms with Crippen molar-refractivity contribution in [2.24, 2.45) is 5.16 Å². The van der Waals surface area contributed by atoms with Gasteiger partial charge in [-0.15, -0.1) is 16.4 Å². The molecule has 3 aromatic carbocycles. The highest BCUT2D eigenvalue weighted by atomic mass is 32.1. The van der Waals surface area contributed by atoms with Gasteiger partial charge in [0, 0.05) is 16.9 Å². The molecule has 0 aliphatic carbocycles. The summed E-state index contributed by atoms with van der Waals surface area (Å²) in [5.41, 5.74) is 4.44. The molecule has 9 heteroatoms. The summed E-state index contributed by atoms with van der Waals surface area (Å²) < 4.78 is 13.6. The Balaban J connectivity index is 1.33. The molecule has 8 nitrogen and oxygen atoms in total. The van der Waals surface area contributed by atoms with Gasteiger partial charge in [0.2, 0.25) is 5.88 Å². The molecule has 1 aliphatic heterocycles. The van der Waals surface area contributed by atoms with Crippen LogP contribution in [0.25, 0.3) is 16.4 Å². The smallest absolute Gasteiger partial charge is 0.228 e. The molecule has 1 atom stereocenters. The van der Waals surface area contributed by atoms with E-state index in [4.69, 9.17) is 19.3 Å². The average Bonchev–Trinajstić information content (AvgIpc) is 3.66. The molecule has 192 valence electrons. The maximum Gasteiger partial charge on any atom is 0.228 e. The molecule has 7 rings (SSSR count). The first kappa shape index (κ1) is 23.4. The van der Waals surface area contributed by atoms with Crippen LogP contribution in [0, 0.1) is 0 Å². The molecule has 1 unspecified atom stereocenters. The summed E-state index contributed by atoms with van der Waals surface area (Å²) in [4.78, 5) is 16.2. The van der Waals surface area contributed by atoms with Crippen molar-refractivity contribution in [1.82, 2.24) is 19.6 Å². The molecular weight excluding hydrogens is 510 g/mol. The zero-order valence-corrected chi connectivity index (χ0v) is 22.1. The van der Waals surface area contributed by atoms with E-state index in [1.54, 1.807) is 29.3 Å². The summed E-state index contributed by atoms with van der Waals surface area (Å²) in [7, 11) is 1.67. The van der Waals surface area contributed by atoms with Crippen molar-refractivity contribution in [3.05, 3.63) is 112 Å². The first-order valence-electron chi connectivity index (χ1n) is 12.5. The molecule has 0 bridgehead atoms. The third-order valence-corrected chi connectivity index (χ3v) is 7.84. The second-order valence-electron chi connectivity index (χ2n) is 9.20. The number of fused-ring (bicyclic) bond motifs is 6. The first-order valence-corrected chi connectivity index (χ1v) is 13.4. The summed E-state index contributed by atoms with van der Waals surface area (Å²) >= 11 is 1.62. The van der Waals surface area contributed by atoms with Crippen LogP contribution < -0.4 is 9.47 Å². The first-order chi connectivity index (χ1) is 19.2. The maximum absolute atomic E-state index is 6.49. The van der Waals surface area contributed by atoms with Gasteiger partial charge in [-0.1, -0.05) is 59.8 Å². The lowest BCUT2D eigenvalue weighted by molar-refractivity contribution is 0.125. The molecule has 3 aromatic heterocycles. The zero-order valence-electron chi connectivity index (χ0n) is 21.2. The molecule has 0 spiro atoms. The lowest BCUT2D eigenvalue weighted by Gasteiger charge is -2.28. The second kappa shape index (κ2) is 9.52. The van der Waals surface area contributed by atoms with Gasteiger partial charge in [-0.3, -0.25) is 0 Å². The normalized spacial score (nSPS) is 14.6. The minimum Gasteiger partial charge on any atom is -0.497 e. The number of oxime groups is 1. The van der Waals surface area contributed by atoms with Crippen LogP contribution in [0.15, 0.2) is 89.7 Å². The fourth-order valence-electron chi connectivity index (χ4n) is 5.01. The van der Waals surface area contributed by atoms with Crippen LogP contribution in [0.2, 0.25) is 0 Å². The van der Waals surface area contributed by atoms with Crippen LogP contribution in [-0.4, -0.2) is 32.4 Å². The Morgan fingerprint density at radius 3 is 2.74 bits per heavy atom.